The third-order valence-electron chi connectivity index (χ3n) is 8.46. The first-order valence-electron chi connectivity index (χ1n) is 15.2. The van der Waals surface area contributed by atoms with Gasteiger partial charge >= 0.3 is 5.97 Å². The summed E-state index contributed by atoms with van der Waals surface area (Å²) in [5.41, 5.74) is 0.454. The highest BCUT2D eigenvalue weighted by molar-refractivity contribution is 6.30. The predicted octanol–water partition coefficient (Wildman–Crippen LogP) is 3.23. The van der Waals surface area contributed by atoms with Crippen LogP contribution in [0.15, 0.2) is 42.9 Å². The molecule has 1 aromatic carbocycles. The SMILES string of the molecule is COC(=O)[C@H]1CN(C(=O)[C@@H](NC(=O)[C@@H](NC(=O)c2cnccn2)C2CCCCC2)C(C)(C)C)CCN1Cc1ccc(Cl)cc1. The van der Waals surface area contributed by atoms with Crippen molar-refractivity contribution < 1.29 is 23.9 Å². The zero-order valence-corrected chi connectivity index (χ0v) is 26.7. The summed E-state index contributed by atoms with van der Waals surface area (Å²) in [5.74, 6) is -1.68. The van der Waals surface area contributed by atoms with Crippen LogP contribution < -0.4 is 10.6 Å². The van der Waals surface area contributed by atoms with Crippen LogP contribution in [0.3, 0.4) is 0 Å². The number of piperazine rings is 1. The van der Waals surface area contributed by atoms with E-state index in [1.54, 1.807) is 17.0 Å². The molecule has 1 saturated carbocycles. The summed E-state index contributed by atoms with van der Waals surface area (Å²) in [4.78, 5) is 65.6. The number of nitrogens with zero attached hydrogens (tertiary/aromatic N) is 4. The van der Waals surface area contributed by atoms with E-state index in [9.17, 15) is 19.2 Å². The van der Waals surface area contributed by atoms with Crippen molar-refractivity contribution in [2.24, 2.45) is 11.3 Å². The van der Waals surface area contributed by atoms with Gasteiger partial charge in [0.25, 0.3) is 5.91 Å². The first kappa shape index (κ1) is 33.3. The molecule has 2 aliphatic rings. The summed E-state index contributed by atoms with van der Waals surface area (Å²) in [6, 6.07) is 5.02. The Bertz CT molecular complexity index is 1300. The molecule has 238 valence electrons. The van der Waals surface area contributed by atoms with Gasteiger partial charge in [-0.3, -0.25) is 29.1 Å². The molecule has 1 aliphatic heterocycles. The number of carbonyl (C=O) groups excluding carboxylic acids is 4. The van der Waals surface area contributed by atoms with E-state index < -0.39 is 41.3 Å². The second-order valence-electron chi connectivity index (χ2n) is 12.7. The molecule has 44 heavy (non-hydrogen) atoms. The van der Waals surface area contributed by atoms with Crippen molar-refractivity contribution in [2.75, 3.05) is 26.7 Å². The minimum Gasteiger partial charge on any atom is -0.468 e. The first-order valence-corrected chi connectivity index (χ1v) is 15.6. The van der Waals surface area contributed by atoms with Gasteiger partial charge in [0, 0.05) is 43.6 Å². The fourth-order valence-electron chi connectivity index (χ4n) is 5.95. The van der Waals surface area contributed by atoms with Crippen LogP contribution in [0.25, 0.3) is 0 Å². The lowest BCUT2D eigenvalue weighted by atomic mass is 9.82. The largest absolute Gasteiger partial charge is 0.468 e. The molecule has 2 fully saturated rings. The Morgan fingerprint density at radius 1 is 1.02 bits per heavy atom. The van der Waals surface area contributed by atoms with E-state index in [1.165, 1.54) is 25.7 Å². The second-order valence-corrected chi connectivity index (χ2v) is 13.1. The Morgan fingerprint density at radius 3 is 2.34 bits per heavy atom. The number of hydrogen-bond acceptors (Lipinski definition) is 8. The molecule has 3 amide bonds. The Hall–Kier alpha value is -3.57. The maximum atomic E-state index is 14.1. The molecule has 11 nitrogen and oxygen atoms in total. The van der Waals surface area contributed by atoms with Crippen LogP contribution in [0.4, 0.5) is 0 Å². The van der Waals surface area contributed by atoms with Gasteiger partial charge in [-0.05, 0) is 41.9 Å². The molecule has 0 spiro atoms. The number of nitrogens with one attached hydrogen (secondary N) is 2. The van der Waals surface area contributed by atoms with E-state index in [0.29, 0.717) is 24.7 Å². The van der Waals surface area contributed by atoms with Crippen molar-refractivity contribution in [2.45, 2.75) is 77.5 Å². The average Bonchev–Trinajstić information content (AvgIpc) is 3.03. The van der Waals surface area contributed by atoms with Gasteiger partial charge in [0.15, 0.2) is 0 Å². The molecule has 3 atom stereocenters. The Balaban J connectivity index is 1.51. The third kappa shape index (κ3) is 8.53. The molecular weight excluding hydrogens is 584 g/mol. The maximum Gasteiger partial charge on any atom is 0.324 e. The number of benzene rings is 1. The fraction of sp³-hybridized carbons (Fsp3) is 0.562. The molecule has 0 unspecified atom stereocenters. The number of hydrogen-bond donors (Lipinski definition) is 2. The fourth-order valence-corrected chi connectivity index (χ4v) is 6.08. The lowest BCUT2D eigenvalue weighted by Gasteiger charge is -2.43. The van der Waals surface area contributed by atoms with Gasteiger partial charge in [-0.1, -0.05) is 63.8 Å². The minimum atomic E-state index is -0.893. The van der Waals surface area contributed by atoms with Gasteiger partial charge in [0.05, 0.1) is 13.3 Å². The van der Waals surface area contributed by atoms with Crippen LogP contribution in [0.5, 0.6) is 0 Å². The molecule has 2 aromatic rings. The van der Waals surface area contributed by atoms with Gasteiger partial charge in [-0.15, -0.1) is 0 Å². The van der Waals surface area contributed by atoms with Crippen molar-refractivity contribution in [1.82, 2.24) is 30.4 Å². The Kier molecular flexibility index (Phi) is 11.3. The summed E-state index contributed by atoms with van der Waals surface area (Å²) < 4.78 is 5.11. The van der Waals surface area contributed by atoms with Crippen LogP contribution in [-0.2, 0) is 25.7 Å². The molecule has 0 radical (unpaired) electrons. The Morgan fingerprint density at radius 2 is 1.73 bits per heavy atom. The van der Waals surface area contributed by atoms with Crippen molar-refractivity contribution in [3.63, 3.8) is 0 Å². The summed E-state index contributed by atoms with van der Waals surface area (Å²) >= 11 is 6.04. The highest BCUT2D eigenvalue weighted by Crippen LogP contribution is 2.29. The third-order valence-corrected chi connectivity index (χ3v) is 8.71. The van der Waals surface area contributed by atoms with Gasteiger partial charge in [0.2, 0.25) is 11.8 Å². The zero-order chi connectivity index (χ0) is 31.9. The van der Waals surface area contributed by atoms with Crippen LogP contribution in [0, 0.1) is 11.3 Å². The number of methoxy groups -OCH3 is 1. The van der Waals surface area contributed by atoms with E-state index in [2.05, 4.69) is 20.6 Å². The molecule has 4 rings (SSSR count). The summed E-state index contributed by atoms with van der Waals surface area (Å²) in [6.07, 6.45) is 8.86. The first-order chi connectivity index (χ1) is 21.0. The lowest BCUT2D eigenvalue weighted by molar-refractivity contribution is -0.154. The standard InChI is InChI=1S/C32H43ClN6O5/c1-32(2,3)27(37-29(41)26(22-8-6-5-7-9-22)36-28(40)24-18-34-14-15-35-24)30(42)39-17-16-38(25(20-39)31(43)44-4)19-21-10-12-23(33)13-11-21/h10-15,18,22,25-27H,5-9,16-17,19-20H2,1-4H3,(H,36,40)(H,37,41)/t25-,26+,27-/m1/s1. The molecule has 1 aliphatic carbocycles. The van der Waals surface area contributed by atoms with E-state index in [-0.39, 0.29) is 24.1 Å². The average molecular weight is 627 g/mol. The number of esters is 1. The van der Waals surface area contributed by atoms with Crippen LogP contribution in [0.2, 0.25) is 5.02 Å². The monoisotopic (exact) mass is 626 g/mol. The summed E-state index contributed by atoms with van der Waals surface area (Å²) in [5, 5.41) is 6.51. The van der Waals surface area contributed by atoms with Crippen LogP contribution in [-0.4, -0.2) is 88.3 Å². The van der Waals surface area contributed by atoms with Gasteiger partial charge in [-0.25, -0.2) is 4.98 Å². The highest BCUT2D eigenvalue weighted by Gasteiger charge is 2.42. The number of amides is 3. The number of halogens is 1. The van der Waals surface area contributed by atoms with E-state index >= 15 is 0 Å². The summed E-state index contributed by atoms with van der Waals surface area (Å²) in [6.45, 7) is 7.09. The van der Waals surface area contributed by atoms with Crippen molar-refractivity contribution in [3.05, 3.63) is 59.1 Å². The molecule has 1 aromatic heterocycles. The zero-order valence-electron chi connectivity index (χ0n) is 25.9. The van der Waals surface area contributed by atoms with E-state index in [1.807, 2.05) is 37.8 Å². The molecule has 2 heterocycles. The molecule has 12 heteroatoms. The van der Waals surface area contributed by atoms with Crippen LogP contribution >= 0.6 is 11.6 Å². The predicted molar refractivity (Wildman–Crippen MR) is 165 cm³/mol. The number of carbonyl (C=O) groups is 4. The lowest BCUT2D eigenvalue weighted by Crippen LogP contribution is -2.64. The normalized spacial score (nSPS) is 19.5. The van der Waals surface area contributed by atoms with Crippen molar-refractivity contribution >= 4 is 35.3 Å². The molecule has 2 N–H and O–H groups in total. The topological polar surface area (TPSA) is 134 Å². The van der Waals surface area contributed by atoms with Gasteiger partial charge in [-0.2, -0.15) is 0 Å². The number of ether oxygens (including phenoxy) is 1. The number of aromatic nitrogens is 2. The quantitative estimate of drug-likeness (QED) is 0.405. The summed E-state index contributed by atoms with van der Waals surface area (Å²) in [7, 11) is 1.34. The van der Waals surface area contributed by atoms with Crippen molar-refractivity contribution in [3.8, 4) is 0 Å². The molecular formula is C32H43ClN6O5. The van der Waals surface area contributed by atoms with Crippen LogP contribution in [0.1, 0.15) is 68.9 Å². The minimum absolute atomic E-state index is 0.0693. The molecule has 1 saturated heterocycles. The van der Waals surface area contributed by atoms with E-state index in [0.717, 1.165) is 37.7 Å². The van der Waals surface area contributed by atoms with E-state index in [4.69, 9.17) is 16.3 Å². The maximum absolute atomic E-state index is 14.1. The smallest absolute Gasteiger partial charge is 0.324 e. The van der Waals surface area contributed by atoms with Gasteiger partial charge < -0.3 is 20.3 Å². The Labute approximate surface area is 264 Å². The van der Waals surface area contributed by atoms with Crippen molar-refractivity contribution in [1.29, 1.82) is 0 Å². The number of rotatable bonds is 9. The highest BCUT2D eigenvalue weighted by atomic mass is 35.5. The molecule has 0 bridgehead atoms. The van der Waals surface area contributed by atoms with Gasteiger partial charge in [0.1, 0.15) is 23.8 Å². The second kappa shape index (κ2) is 14.9.